The van der Waals surface area contributed by atoms with Gasteiger partial charge in [0.15, 0.2) is 0 Å². The normalized spacial score (nSPS) is 47.0. The van der Waals surface area contributed by atoms with Crippen molar-refractivity contribution in [2.75, 3.05) is 6.61 Å². The molecule has 0 spiro atoms. The summed E-state index contributed by atoms with van der Waals surface area (Å²) < 4.78 is 0. The average molecular weight is 373 g/mol. The molecule has 0 unspecified atom stereocenters. The van der Waals surface area contributed by atoms with E-state index in [1.54, 1.807) is 0 Å². The first kappa shape index (κ1) is 18.7. The zero-order chi connectivity index (χ0) is 19.4. The number of carbonyl (C=O) groups is 1. The summed E-state index contributed by atoms with van der Waals surface area (Å²) in [7, 11) is 0. The van der Waals surface area contributed by atoms with Gasteiger partial charge in [-0.2, -0.15) is 0 Å². The largest absolute Gasteiger partial charge is 0.479 e. The third-order valence-corrected chi connectivity index (χ3v) is 8.49. The fourth-order valence-electron chi connectivity index (χ4n) is 6.67. The lowest BCUT2D eigenvalue weighted by Crippen LogP contribution is -2.53. The van der Waals surface area contributed by atoms with E-state index in [0.717, 1.165) is 32.1 Å². The minimum atomic E-state index is -1.02. The minimum absolute atomic E-state index is 0.0323. The topological polar surface area (TPSA) is 79.1 Å². The van der Waals surface area contributed by atoms with Crippen LogP contribution in [0, 0.1) is 28.6 Å². The van der Waals surface area contributed by atoms with Crippen molar-refractivity contribution in [2.24, 2.45) is 33.7 Å². The summed E-state index contributed by atoms with van der Waals surface area (Å²) in [4.78, 5) is 15.5. The lowest BCUT2D eigenvalue weighted by atomic mass is 9.47. The summed E-state index contributed by atoms with van der Waals surface area (Å²) in [6.07, 6.45) is 12.8. The highest BCUT2D eigenvalue weighted by Crippen LogP contribution is 2.66. The highest BCUT2D eigenvalue weighted by atomic mass is 16.6. The number of carboxylic acid groups (broad SMARTS) is 1. The molecule has 0 heterocycles. The molecule has 0 aromatic carbocycles. The van der Waals surface area contributed by atoms with Gasteiger partial charge in [-0.25, -0.2) is 4.79 Å². The predicted molar refractivity (Wildman–Crippen MR) is 103 cm³/mol. The number of oxime groups is 1. The van der Waals surface area contributed by atoms with Gasteiger partial charge >= 0.3 is 5.97 Å². The molecule has 3 saturated carbocycles. The van der Waals surface area contributed by atoms with Gasteiger partial charge in [-0.15, -0.1) is 0 Å². The first-order valence-corrected chi connectivity index (χ1v) is 10.2. The Morgan fingerprint density at radius 1 is 1.22 bits per heavy atom. The lowest BCUT2D eigenvalue weighted by Gasteiger charge is -2.58. The van der Waals surface area contributed by atoms with Crippen LogP contribution in [0.3, 0.4) is 0 Å². The maximum absolute atomic E-state index is 11.0. The van der Waals surface area contributed by atoms with Crippen LogP contribution >= 0.6 is 0 Å². The summed E-state index contributed by atoms with van der Waals surface area (Å²) >= 11 is 0. The van der Waals surface area contributed by atoms with Crippen LogP contribution in [0.15, 0.2) is 29.0 Å². The van der Waals surface area contributed by atoms with Crippen LogP contribution in [0.2, 0.25) is 0 Å². The van der Waals surface area contributed by atoms with Gasteiger partial charge in [0, 0.05) is 5.41 Å². The van der Waals surface area contributed by atoms with Gasteiger partial charge in [-0.1, -0.05) is 30.7 Å². The van der Waals surface area contributed by atoms with E-state index in [9.17, 15) is 9.90 Å². The molecule has 4 aliphatic carbocycles. The van der Waals surface area contributed by atoms with E-state index in [2.05, 4.69) is 31.2 Å². The van der Waals surface area contributed by atoms with Crippen molar-refractivity contribution in [3.8, 4) is 0 Å². The second-order valence-electron chi connectivity index (χ2n) is 9.65. The molecule has 0 aromatic rings. The van der Waals surface area contributed by atoms with Crippen LogP contribution in [-0.2, 0) is 9.63 Å². The Balaban J connectivity index is 1.57. The molecule has 4 rings (SSSR count). The molecule has 0 radical (unpaired) electrons. The molecular formula is C22H31NO4. The summed E-state index contributed by atoms with van der Waals surface area (Å²) in [5.41, 5.74) is 1.62. The van der Waals surface area contributed by atoms with E-state index in [1.165, 1.54) is 12.0 Å². The van der Waals surface area contributed by atoms with E-state index >= 15 is 0 Å². The summed E-state index contributed by atoms with van der Waals surface area (Å²) in [6, 6.07) is 0. The summed E-state index contributed by atoms with van der Waals surface area (Å²) in [6.45, 7) is 6.29. The van der Waals surface area contributed by atoms with Crippen molar-refractivity contribution in [3.63, 3.8) is 0 Å². The number of aliphatic hydroxyl groups is 1. The van der Waals surface area contributed by atoms with Crippen molar-refractivity contribution in [1.82, 2.24) is 0 Å². The van der Waals surface area contributed by atoms with E-state index in [0.29, 0.717) is 23.5 Å². The highest BCUT2D eigenvalue weighted by molar-refractivity contribution is 6.05. The molecule has 0 amide bonds. The smallest absolute Gasteiger partial charge is 0.344 e. The molecule has 148 valence electrons. The van der Waals surface area contributed by atoms with E-state index in [1.807, 2.05) is 13.0 Å². The van der Waals surface area contributed by atoms with Gasteiger partial charge in [-0.3, -0.25) is 0 Å². The molecule has 4 aliphatic rings. The van der Waals surface area contributed by atoms with Gasteiger partial charge in [0.2, 0.25) is 6.61 Å². The number of aliphatic carboxylic acids is 1. The van der Waals surface area contributed by atoms with Crippen molar-refractivity contribution >= 4 is 11.7 Å². The number of fused-ring (bicyclic) bond motifs is 5. The van der Waals surface area contributed by atoms with Crippen molar-refractivity contribution in [2.45, 2.75) is 64.9 Å². The van der Waals surface area contributed by atoms with Crippen LogP contribution in [-0.4, -0.2) is 34.1 Å². The molecule has 5 heteroatoms. The third-order valence-electron chi connectivity index (χ3n) is 8.49. The van der Waals surface area contributed by atoms with Crippen LogP contribution in [0.5, 0.6) is 0 Å². The van der Waals surface area contributed by atoms with E-state index in [4.69, 9.17) is 9.94 Å². The molecule has 5 nitrogen and oxygen atoms in total. The Labute approximate surface area is 161 Å². The predicted octanol–water partition coefficient (Wildman–Crippen LogP) is 3.93. The maximum Gasteiger partial charge on any atom is 0.344 e. The zero-order valence-corrected chi connectivity index (χ0v) is 16.6. The second kappa shape index (κ2) is 6.20. The van der Waals surface area contributed by atoms with Gasteiger partial charge in [-0.05, 0) is 80.8 Å². The second-order valence-corrected chi connectivity index (χ2v) is 9.65. The Kier molecular flexibility index (Phi) is 4.30. The monoisotopic (exact) mass is 373 g/mol. The summed E-state index contributed by atoms with van der Waals surface area (Å²) in [5, 5.41) is 23.7. The van der Waals surface area contributed by atoms with Crippen LogP contribution in [0.25, 0.3) is 0 Å². The van der Waals surface area contributed by atoms with Crippen LogP contribution in [0.4, 0.5) is 0 Å². The first-order valence-electron chi connectivity index (χ1n) is 10.2. The molecule has 0 aliphatic heterocycles. The van der Waals surface area contributed by atoms with Gasteiger partial charge < -0.3 is 15.1 Å². The van der Waals surface area contributed by atoms with Gasteiger partial charge in [0.1, 0.15) is 5.71 Å². The molecule has 0 saturated heterocycles. The Morgan fingerprint density at radius 3 is 2.70 bits per heavy atom. The summed E-state index contributed by atoms with van der Waals surface area (Å²) in [5.74, 6) is 0.843. The molecule has 0 bridgehead atoms. The number of rotatable bonds is 3. The molecule has 27 heavy (non-hydrogen) atoms. The van der Waals surface area contributed by atoms with Crippen molar-refractivity contribution < 1.29 is 19.8 Å². The Morgan fingerprint density at radius 2 is 1.96 bits per heavy atom. The highest BCUT2D eigenvalue weighted by Gasteiger charge is 2.61. The SMILES string of the molecule is C[C@]12C=CC(=NOCC(=O)O)C=C1CC[C@@H]1[C@H]2CC[C@@]2(C)[C@@H]1CC[C@]2(C)O. The third kappa shape index (κ3) is 2.77. The number of hydrogen-bond donors (Lipinski definition) is 2. The molecule has 2 N–H and O–H groups in total. The minimum Gasteiger partial charge on any atom is -0.479 e. The number of nitrogens with zero attached hydrogens (tertiary/aromatic N) is 1. The number of carboxylic acids is 1. The van der Waals surface area contributed by atoms with E-state index in [-0.39, 0.29) is 10.8 Å². The lowest BCUT2D eigenvalue weighted by molar-refractivity contribution is -0.142. The number of hydrogen-bond acceptors (Lipinski definition) is 4. The Bertz CT molecular complexity index is 737. The zero-order valence-electron chi connectivity index (χ0n) is 16.6. The van der Waals surface area contributed by atoms with Gasteiger partial charge in [0.05, 0.1) is 5.60 Å². The average Bonchev–Trinajstić information content (AvgIpc) is 2.84. The molecule has 3 fully saturated rings. The molecular weight excluding hydrogens is 342 g/mol. The first-order chi connectivity index (χ1) is 12.7. The van der Waals surface area contributed by atoms with Crippen LogP contribution in [0.1, 0.15) is 59.3 Å². The fourth-order valence-corrected chi connectivity index (χ4v) is 6.67. The molecule has 6 atom stereocenters. The number of allylic oxidation sites excluding steroid dienone is 4. The quantitative estimate of drug-likeness (QED) is 0.735. The van der Waals surface area contributed by atoms with Crippen molar-refractivity contribution in [1.29, 1.82) is 0 Å². The Hall–Kier alpha value is -1.62. The maximum atomic E-state index is 11.0. The fraction of sp³-hybridized carbons (Fsp3) is 0.727. The van der Waals surface area contributed by atoms with Crippen LogP contribution < -0.4 is 0 Å². The standard InChI is InChI=1S/C22H31NO4/c1-20-9-6-15(23-27-13-19(24)25)12-14(20)4-5-16-17(20)7-10-21(2)18(16)8-11-22(21,3)26/h6,9,12,16-18,26H,4-5,7-8,10-11,13H2,1-3H3,(H,24,25)/t16-,17-,18-,20+,21+,22+/m1/s1. The molecule has 0 aromatic heterocycles. The van der Waals surface area contributed by atoms with E-state index < -0.39 is 18.2 Å². The van der Waals surface area contributed by atoms with Crippen molar-refractivity contribution in [3.05, 3.63) is 23.8 Å². The van der Waals surface area contributed by atoms with Gasteiger partial charge in [0.25, 0.3) is 0 Å².